The Labute approximate surface area is 143 Å². The second-order valence-electron chi connectivity index (χ2n) is 4.86. The Bertz CT molecular complexity index is 780. The highest BCUT2D eigenvalue weighted by molar-refractivity contribution is 6.40. The average Bonchev–Trinajstić information content (AvgIpc) is 2.91. The Balaban J connectivity index is 1.63. The predicted molar refractivity (Wildman–Crippen MR) is 93.3 cm³/mol. The molecule has 1 heterocycles. The molecule has 22 heavy (non-hydrogen) atoms. The van der Waals surface area contributed by atoms with E-state index in [1.807, 2.05) is 30.3 Å². The van der Waals surface area contributed by atoms with E-state index in [1.165, 1.54) is 5.56 Å². The molecule has 0 aliphatic heterocycles. The van der Waals surface area contributed by atoms with Gasteiger partial charge in [0.25, 0.3) is 0 Å². The molecule has 1 N–H and O–H groups in total. The molecule has 0 amide bonds. The highest BCUT2D eigenvalue weighted by Crippen LogP contribution is 2.36. The first kappa shape index (κ1) is 15.5. The molecular formula is C17H13Cl3NO. The summed E-state index contributed by atoms with van der Waals surface area (Å²) >= 11 is 18.2. The summed E-state index contributed by atoms with van der Waals surface area (Å²) in [4.78, 5) is 3.05. The standard InChI is InChI=1S/C17H13Cl3NO/c18-12-5-3-11(4-6-12)2-1-9-22-15-8-7-13(19)17-16(15)14(20)10-21-17/h1,3-8,10,21H,2,9H2. The number of H-pyrrole nitrogens is 1. The molecule has 0 saturated heterocycles. The Kier molecular flexibility index (Phi) is 4.82. The molecule has 0 saturated carbocycles. The zero-order valence-electron chi connectivity index (χ0n) is 11.6. The van der Waals surface area contributed by atoms with Gasteiger partial charge in [-0.1, -0.05) is 46.9 Å². The maximum absolute atomic E-state index is 6.18. The fraction of sp³-hybridized carbons (Fsp3) is 0.118. The van der Waals surface area contributed by atoms with Crippen molar-refractivity contribution in [2.45, 2.75) is 6.42 Å². The second kappa shape index (κ2) is 6.82. The molecular weight excluding hydrogens is 341 g/mol. The van der Waals surface area contributed by atoms with Crippen molar-refractivity contribution in [3.63, 3.8) is 0 Å². The quantitative estimate of drug-likeness (QED) is 0.563. The second-order valence-corrected chi connectivity index (χ2v) is 6.11. The number of ether oxygens (including phenoxy) is 1. The van der Waals surface area contributed by atoms with Crippen LogP contribution in [0.15, 0.2) is 42.6 Å². The normalized spacial score (nSPS) is 11.0. The lowest BCUT2D eigenvalue weighted by atomic mass is 10.1. The average molecular weight is 354 g/mol. The molecule has 1 aromatic heterocycles. The zero-order chi connectivity index (χ0) is 15.5. The van der Waals surface area contributed by atoms with Gasteiger partial charge in [-0.3, -0.25) is 0 Å². The smallest absolute Gasteiger partial charge is 0.130 e. The van der Waals surface area contributed by atoms with E-state index < -0.39 is 0 Å². The molecule has 113 valence electrons. The zero-order valence-corrected chi connectivity index (χ0v) is 13.8. The Morgan fingerprint density at radius 3 is 2.50 bits per heavy atom. The lowest BCUT2D eigenvalue weighted by molar-refractivity contribution is 0.350. The molecule has 0 aliphatic carbocycles. The summed E-state index contributed by atoms with van der Waals surface area (Å²) in [7, 11) is 0. The molecule has 1 radical (unpaired) electrons. The van der Waals surface area contributed by atoms with Crippen LogP contribution in [0.5, 0.6) is 5.75 Å². The largest absolute Gasteiger partial charge is 0.493 e. The first-order chi connectivity index (χ1) is 10.6. The van der Waals surface area contributed by atoms with E-state index in [-0.39, 0.29) is 0 Å². The van der Waals surface area contributed by atoms with Crippen molar-refractivity contribution < 1.29 is 4.74 Å². The molecule has 0 bridgehead atoms. The highest BCUT2D eigenvalue weighted by atomic mass is 35.5. The summed E-state index contributed by atoms with van der Waals surface area (Å²) in [5, 5.41) is 2.78. The molecule has 0 fully saturated rings. The molecule has 0 aliphatic rings. The highest BCUT2D eigenvalue weighted by Gasteiger charge is 2.11. The van der Waals surface area contributed by atoms with Gasteiger partial charge in [0.2, 0.25) is 0 Å². The summed E-state index contributed by atoms with van der Waals surface area (Å²) in [6, 6.07) is 11.4. The minimum absolute atomic E-state index is 0.487. The topological polar surface area (TPSA) is 25.0 Å². The van der Waals surface area contributed by atoms with Gasteiger partial charge in [0, 0.05) is 17.6 Å². The minimum Gasteiger partial charge on any atom is -0.493 e. The minimum atomic E-state index is 0.487. The van der Waals surface area contributed by atoms with Gasteiger partial charge in [-0.05, 0) is 36.2 Å². The third-order valence-electron chi connectivity index (χ3n) is 3.35. The number of aromatic nitrogens is 1. The summed E-state index contributed by atoms with van der Waals surface area (Å²) in [6.45, 7) is 0.487. The fourth-order valence-corrected chi connectivity index (χ4v) is 2.84. The van der Waals surface area contributed by atoms with Gasteiger partial charge in [-0.15, -0.1) is 0 Å². The summed E-state index contributed by atoms with van der Waals surface area (Å²) < 4.78 is 5.81. The SMILES string of the molecule is Clc1ccc(C[CH]COc2ccc(Cl)c3[nH]cc(Cl)c23)cc1. The van der Waals surface area contributed by atoms with E-state index in [4.69, 9.17) is 39.5 Å². The molecule has 3 rings (SSSR count). The Morgan fingerprint density at radius 2 is 1.73 bits per heavy atom. The monoisotopic (exact) mass is 352 g/mol. The summed E-state index contributed by atoms with van der Waals surface area (Å²) in [6.07, 6.45) is 4.58. The Morgan fingerprint density at radius 1 is 0.955 bits per heavy atom. The van der Waals surface area contributed by atoms with Crippen molar-refractivity contribution in [2.24, 2.45) is 0 Å². The van der Waals surface area contributed by atoms with Crippen molar-refractivity contribution in [3.05, 3.63) is 69.6 Å². The van der Waals surface area contributed by atoms with Crippen LogP contribution < -0.4 is 4.74 Å². The van der Waals surface area contributed by atoms with Crippen molar-refractivity contribution in [3.8, 4) is 5.75 Å². The molecule has 5 heteroatoms. The lowest BCUT2D eigenvalue weighted by Gasteiger charge is -2.08. The van der Waals surface area contributed by atoms with E-state index in [9.17, 15) is 0 Å². The van der Waals surface area contributed by atoms with Gasteiger partial charge >= 0.3 is 0 Å². The van der Waals surface area contributed by atoms with Gasteiger partial charge in [-0.2, -0.15) is 0 Å². The van der Waals surface area contributed by atoms with Crippen molar-refractivity contribution in [2.75, 3.05) is 6.61 Å². The third kappa shape index (κ3) is 3.35. The molecule has 0 spiro atoms. The van der Waals surface area contributed by atoms with E-state index in [1.54, 1.807) is 12.3 Å². The van der Waals surface area contributed by atoms with Crippen LogP contribution in [-0.2, 0) is 6.42 Å². The van der Waals surface area contributed by atoms with Crippen molar-refractivity contribution >= 4 is 45.7 Å². The van der Waals surface area contributed by atoms with Crippen LogP contribution in [0.4, 0.5) is 0 Å². The number of rotatable bonds is 5. The number of nitrogens with one attached hydrogen (secondary N) is 1. The first-order valence-electron chi connectivity index (χ1n) is 6.79. The predicted octanol–water partition coefficient (Wildman–Crippen LogP) is 5.95. The van der Waals surface area contributed by atoms with Gasteiger partial charge < -0.3 is 9.72 Å². The number of fused-ring (bicyclic) bond motifs is 1. The van der Waals surface area contributed by atoms with Gasteiger partial charge in [0.1, 0.15) is 5.75 Å². The number of hydrogen-bond acceptors (Lipinski definition) is 1. The molecule has 0 atom stereocenters. The first-order valence-corrected chi connectivity index (χ1v) is 7.92. The maximum Gasteiger partial charge on any atom is 0.130 e. The van der Waals surface area contributed by atoms with E-state index in [2.05, 4.69) is 11.4 Å². The van der Waals surface area contributed by atoms with Crippen LogP contribution in [0, 0.1) is 6.42 Å². The lowest BCUT2D eigenvalue weighted by Crippen LogP contribution is -2.00. The van der Waals surface area contributed by atoms with Crippen LogP contribution in [0.1, 0.15) is 5.56 Å². The maximum atomic E-state index is 6.18. The molecule has 2 aromatic carbocycles. The summed E-state index contributed by atoms with van der Waals surface area (Å²) in [5.41, 5.74) is 1.98. The fourth-order valence-electron chi connectivity index (χ4n) is 2.26. The number of halogens is 3. The van der Waals surface area contributed by atoms with Crippen LogP contribution >= 0.6 is 34.8 Å². The van der Waals surface area contributed by atoms with E-state index in [0.717, 1.165) is 28.1 Å². The van der Waals surface area contributed by atoms with Crippen LogP contribution in [0.25, 0.3) is 10.9 Å². The number of benzene rings is 2. The van der Waals surface area contributed by atoms with Gasteiger partial charge in [-0.25, -0.2) is 0 Å². The van der Waals surface area contributed by atoms with E-state index in [0.29, 0.717) is 16.7 Å². The molecule has 0 unspecified atom stereocenters. The molecule has 2 nitrogen and oxygen atoms in total. The van der Waals surface area contributed by atoms with Gasteiger partial charge in [0.05, 0.1) is 27.6 Å². The van der Waals surface area contributed by atoms with Crippen LogP contribution in [0.2, 0.25) is 15.1 Å². The third-order valence-corrected chi connectivity index (χ3v) is 4.21. The number of aromatic amines is 1. The van der Waals surface area contributed by atoms with Crippen molar-refractivity contribution in [1.29, 1.82) is 0 Å². The van der Waals surface area contributed by atoms with E-state index >= 15 is 0 Å². The van der Waals surface area contributed by atoms with Gasteiger partial charge in [0.15, 0.2) is 0 Å². The molecule has 3 aromatic rings. The Hall–Kier alpha value is -1.35. The van der Waals surface area contributed by atoms with Crippen LogP contribution in [-0.4, -0.2) is 11.6 Å². The van der Waals surface area contributed by atoms with Crippen molar-refractivity contribution in [1.82, 2.24) is 4.98 Å². The summed E-state index contributed by atoms with van der Waals surface area (Å²) in [5.74, 6) is 0.720. The number of hydrogen-bond donors (Lipinski definition) is 1. The van der Waals surface area contributed by atoms with Crippen LogP contribution in [0.3, 0.4) is 0 Å².